The summed E-state index contributed by atoms with van der Waals surface area (Å²) < 4.78 is 85.6. The maximum Gasteiger partial charge on any atom is 0.418 e. The van der Waals surface area contributed by atoms with E-state index in [0.717, 1.165) is 22.4 Å². The molecule has 7 aromatic rings. The number of ether oxygens (including phenoxy) is 4. The van der Waals surface area contributed by atoms with Gasteiger partial charge < -0.3 is 34.1 Å². The predicted octanol–water partition coefficient (Wildman–Crippen LogP) is 11.1. The molecule has 8 rings (SSSR count). The number of aryl methyl sites for hydroxylation is 1. The number of alkyl halides is 3. The maximum atomic E-state index is 17.6. The van der Waals surface area contributed by atoms with Crippen LogP contribution >= 0.6 is 23.2 Å². The molecule has 0 fully saturated rings. The van der Waals surface area contributed by atoms with Gasteiger partial charge in [-0.15, -0.1) is 0 Å². The molecule has 1 N–H and O–H groups in total. The van der Waals surface area contributed by atoms with Crippen molar-refractivity contribution in [1.82, 2.24) is 24.9 Å². The molecule has 0 bridgehead atoms. The summed E-state index contributed by atoms with van der Waals surface area (Å²) in [4.78, 5) is 26.2. The van der Waals surface area contributed by atoms with Crippen molar-refractivity contribution in [3.05, 3.63) is 141 Å². The zero-order valence-corrected chi connectivity index (χ0v) is 37.3. The number of pyridine rings is 1. The summed E-state index contributed by atoms with van der Waals surface area (Å²) in [5.74, 6) is 1.41. The minimum absolute atomic E-state index is 0.0173. The highest BCUT2D eigenvalue weighted by Gasteiger charge is 2.41. The maximum absolute atomic E-state index is 17.6. The first kappa shape index (κ1) is 44.9. The molecule has 1 atom stereocenters. The lowest BCUT2D eigenvalue weighted by atomic mass is 9.98. The summed E-state index contributed by atoms with van der Waals surface area (Å²) in [6.45, 7) is 4.12. The fourth-order valence-corrected chi connectivity index (χ4v) is 8.34. The van der Waals surface area contributed by atoms with Gasteiger partial charge in [0.25, 0.3) is 0 Å². The van der Waals surface area contributed by atoms with Gasteiger partial charge >= 0.3 is 6.18 Å². The summed E-state index contributed by atoms with van der Waals surface area (Å²) >= 11 is 13.7. The van der Waals surface area contributed by atoms with E-state index in [2.05, 4.69) is 30.2 Å². The van der Waals surface area contributed by atoms with E-state index in [9.17, 15) is 0 Å². The smallest absolute Gasteiger partial charge is 0.418 e. The lowest BCUT2D eigenvalue weighted by Gasteiger charge is -2.30. The van der Waals surface area contributed by atoms with Gasteiger partial charge in [0.15, 0.2) is 11.6 Å². The molecular formula is C47H42Cl2F4N8O4. The van der Waals surface area contributed by atoms with Crippen LogP contribution in [0, 0.1) is 12.7 Å². The molecule has 0 radical (unpaired) electrons. The number of rotatable bonds is 14. The van der Waals surface area contributed by atoms with Crippen molar-refractivity contribution in [3.63, 3.8) is 0 Å². The van der Waals surface area contributed by atoms with Crippen molar-refractivity contribution in [1.29, 1.82) is 0 Å². The Labute approximate surface area is 382 Å². The number of hydrogen-bond acceptors (Lipinski definition) is 12. The third-order valence-electron chi connectivity index (χ3n) is 11.1. The lowest BCUT2D eigenvalue weighted by molar-refractivity contribution is -0.137. The van der Waals surface area contributed by atoms with Crippen molar-refractivity contribution in [2.24, 2.45) is 0 Å². The lowest BCUT2D eigenvalue weighted by Crippen LogP contribution is -2.32. The average Bonchev–Trinajstić information content (AvgIpc) is 3.50. The molecule has 0 amide bonds. The number of hydrogen-bond donors (Lipinski definition) is 1. The van der Waals surface area contributed by atoms with E-state index in [1.165, 1.54) is 13.0 Å². The molecule has 3 aromatic heterocycles. The number of anilines is 3. The zero-order valence-electron chi connectivity index (χ0n) is 35.8. The minimum Gasteiger partial charge on any atom is -0.497 e. The molecule has 1 aliphatic heterocycles. The summed E-state index contributed by atoms with van der Waals surface area (Å²) in [5.41, 5.74) is -0.0893. The van der Waals surface area contributed by atoms with Gasteiger partial charge in [-0.25, -0.2) is 19.3 Å². The quantitative estimate of drug-likeness (QED) is 0.0826. The molecule has 0 unspecified atom stereocenters. The molecular weight excluding hydrogens is 887 g/mol. The SMILES string of the molecule is COc1ccc(CNc2nccnc2[C@H](C)N2CCOc3c(Cl)c(-c4nc(N(Cc5ccc(OC)cc5)Cc5ccc(OC)cc5)cc(C)c4C(F)(F)F)c(F)c4nc(Cl)nc2c34)cc1. The van der Waals surface area contributed by atoms with Crippen molar-refractivity contribution in [2.75, 3.05) is 49.6 Å². The number of halogens is 6. The van der Waals surface area contributed by atoms with Gasteiger partial charge in [0.05, 0.1) is 61.1 Å². The van der Waals surface area contributed by atoms with Crippen LogP contribution in [0.4, 0.5) is 35.0 Å². The molecule has 0 saturated carbocycles. The van der Waals surface area contributed by atoms with Gasteiger partial charge in [0.2, 0.25) is 5.28 Å². The summed E-state index contributed by atoms with van der Waals surface area (Å²) in [5, 5.41) is 2.56. The van der Waals surface area contributed by atoms with Crippen LogP contribution in [0.5, 0.6) is 23.0 Å². The summed E-state index contributed by atoms with van der Waals surface area (Å²) in [6, 6.07) is 22.8. The number of nitrogens with one attached hydrogen (secondary N) is 1. The van der Waals surface area contributed by atoms with Crippen LogP contribution in [-0.4, -0.2) is 59.4 Å². The van der Waals surface area contributed by atoms with Crippen LogP contribution in [0.15, 0.2) is 91.3 Å². The molecule has 4 aromatic carbocycles. The molecule has 1 aliphatic rings. The standard InChI is InChI=1S/C47H42Cl2F4N8O4/c1-26-22-34(60(24-29-8-14-32(63-4)15-9-29)25-30-10-16-33(64-5)17-11-30)57-41(37(26)47(51,52)53)35-38(48)43-36-42(39(35)50)58-46(49)59-45(36)61(20-21-65-43)27(2)40-44(55-19-18-54-40)56-23-28-6-12-31(62-3)13-7-28/h6-19,22,27H,20-21,23-25H2,1-5H3,(H,55,56)/t27-/m0/s1. The molecule has 18 heteroatoms. The van der Waals surface area contributed by atoms with E-state index in [4.69, 9.17) is 42.1 Å². The van der Waals surface area contributed by atoms with Gasteiger partial charge in [-0.2, -0.15) is 18.2 Å². The van der Waals surface area contributed by atoms with Gasteiger partial charge in [0, 0.05) is 32.0 Å². The van der Waals surface area contributed by atoms with Crippen molar-refractivity contribution in [3.8, 4) is 34.3 Å². The molecule has 0 saturated heterocycles. The molecule has 0 aliphatic carbocycles. The molecule has 65 heavy (non-hydrogen) atoms. The van der Waals surface area contributed by atoms with E-state index in [0.29, 0.717) is 29.6 Å². The van der Waals surface area contributed by atoms with E-state index < -0.39 is 45.4 Å². The second-order valence-corrected chi connectivity index (χ2v) is 15.9. The van der Waals surface area contributed by atoms with E-state index in [1.54, 1.807) is 67.8 Å². The molecule has 4 heterocycles. The highest BCUT2D eigenvalue weighted by atomic mass is 35.5. The number of nitrogens with zero attached hydrogens (tertiary/aromatic N) is 7. The third kappa shape index (κ3) is 9.31. The molecule has 12 nitrogen and oxygen atoms in total. The van der Waals surface area contributed by atoms with Crippen LogP contribution in [0.2, 0.25) is 10.3 Å². The van der Waals surface area contributed by atoms with Crippen LogP contribution in [-0.2, 0) is 25.8 Å². The number of aromatic nitrogens is 5. The summed E-state index contributed by atoms with van der Waals surface area (Å²) in [7, 11) is 4.70. The monoisotopic (exact) mass is 928 g/mol. The first-order chi connectivity index (χ1) is 31.3. The van der Waals surface area contributed by atoms with Gasteiger partial charge in [-0.3, -0.25) is 4.98 Å². The highest BCUT2D eigenvalue weighted by Crippen LogP contribution is 2.51. The summed E-state index contributed by atoms with van der Waals surface area (Å²) in [6.07, 6.45) is -1.88. The Bertz CT molecular complexity index is 2790. The fourth-order valence-electron chi connectivity index (χ4n) is 7.85. The van der Waals surface area contributed by atoms with Crippen LogP contribution in [0.3, 0.4) is 0 Å². The first-order valence-electron chi connectivity index (χ1n) is 20.3. The van der Waals surface area contributed by atoms with E-state index in [-0.39, 0.29) is 59.9 Å². The Morgan fingerprint density at radius 3 is 1.95 bits per heavy atom. The Hall–Kier alpha value is -6.65. The van der Waals surface area contributed by atoms with Crippen molar-refractivity contribution >= 4 is 51.6 Å². The van der Waals surface area contributed by atoms with Crippen LogP contribution < -0.4 is 34.1 Å². The van der Waals surface area contributed by atoms with Crippen LogP contribution in [0.1, 0.15) is 46.5 Å². The Morgan fingerprint density at radius 2 is 1.38 bits per heavy atom. The van der Waals surface area contributed by atoms with Crippen molar-refractivity contribution in [2.45, 2.75) is 45.7 Å². The normalized spacial score (nSPS) is 12.9. The Morgan fingerprint density at radius 1 is 0.815 bits per heavy atom. The van der Waals surface area contributed by atoms with Crippen LogP contribution in [0.25, 0.3) is 22.2 Å². The Balaban J connectivity index is 1.24. The van der Waals surface area contributed by atoms with Crippen molar-refractivity contribution < 1.29 is 36.5 Å². The largest absolute Gasteiger partial charge is 0.497 e. The van der Waals surface area contributed by atoms with E-state index >= 15 is 17.6 Å². The van der Waals surface area contributed by atoms with Gasteiger partial charge in [-0.05, 0) is 90.2 Å². The number of methoxy groups -OCH3 is 3. The molecule has 0 spiro atoms. The molecule has 336 valence electrons. The highest BCUT2D eigenvalue weighted by molar-refractivity contribution is 6.37. The zero-order chi connectivity index (χ0) is 46.0. The minimum atomic E-state index is -4.99. The predicted molar refractivity (Wildman–Crippen MR) is 242 cm³/mol. The first-order valence-corrected chi connectivity index (χ1v) is 21.1. The average molecular weight is 930 g/mol. The topological polar surface area (TPSA) is 120 Å². The second kappa shape index (κ2) is 18.8. The van der Waals surface area contributed by atoms with E-state index in [1.807, 2.05) is 55.5 Å². The fraction of sp³-hybridized carbons (Fsp3) is 0.255. The second-order valence-electron chi connectivity index (χ2n) is 15.2. The Kier molecular flexibility index (Phi) is 13.0. The number of benzene rings is 4. The third-order valence-corrected chi connectivity index (χ3v) is 11.6. The van der Waals surface area contributed by atoms with Gasteiger partial charge in [-0.1, -0.05) is 48.0 Å². The van der Waals surface area contributed by atoms with Gasteiger partial charge in [0.1, 0.15) is 52.5 Å².